The van der Waals surface area contributed by atoms with Crippen molar-refractivity contribution in [3.8, 4) is 0 Å². The van der Waals surface area contributed by atoms with Gasteiger partial charge in [-0.1, -0.05) is 23.6 Å². The van der Waals surface area contributed by atoms with Gasteiger partial charge in [-0.3, -0.25) is 0 Å². The van der Waals surface area contributed by atoms with Crippen LogP contribution in [0.5, 0.6) is 0 Å². The number of halogens is 1. The number of rotatable bonds is 2. The Hall–Kier alpha value is -1.38. The molecule has 0 fully saturated rings. The summed E-state index contributed by atoms with van der Waals surface area (Å²) in [5.74, 6) is 0.0850. The molecule has 0 bridgehead atoms. The number of para-hydroxylation sites is 1. The second-order valence-electron chi connectivity index (χ2n) is 2.29. The van der Waals surface area contributed by atoms with Gasteiger partial charge in [-0.15, -0.1) is 0 Å². The molecule has 0 heterocycles. The second-order valence-corrected chi connectivity index (χ2v) is 2.78. The predicted molar refractivity (Wildman–Crippen MR) is 61.6 cm³/mol. The van der Waals surface area contributed by atoms with Crippen molar-refractivity contribution in [2.75, 3.05) is 5.32 Å². The van der Waals surface area contributed by atoms with E-state index in [1.807, 2.05) is 23.6 Å². The van der Waals surface area contributed by atoms with E-state index in [1.54, 1.807) is 35.0 Å². The van der Waals surface area contributed by atoms with E-state index in [4.69, 9.17) is 0 Å². The number of nitrogens with one attached hydrogen (secondary N) is 2. The van der Waals surface area contributed by atoms with Crippen molar-refractivity contribution in [1.29, 1.82) is 0 Å². The van der Waals surface area contributed by atoms with Crippen molar-refractivity contribution < 1.29 is 5.03 Å². The minimum atomic E-state index is -0.673. The summed E-state index contributed by atoms with van der Waals surface area (Å²) in [5, 5.41) is 12.2. The lowest BCUT2D eigenvalue weighted by Crippen LogP contribution is -2.34. The number of hydrazine groups is 1. The normalized spacial score (nSPS) is 10.8. The van der Waals surface area contributed by atoms with E-state index >= 15 is 0 Å². The zero-order valence-electron chi connectivity index (χ0n) is 6.98. The molecular formula is C7H7IN4O2. The van der Waals surface area contributed by atoms with E-state index in [0.717, 1.165) is 5.69 Å². The average molecular weight is 306 g/mol. The highest BCUT2D eigenvalue weighted by molar-refractivity contribution is 14.1. The van der Waals surface area contributed by atoms with Gasteiger partial charge in [0.15, 0.2) is 5.03 Å². The van der Waals surface area contributed by atoms with E-state index < -0.39 is 5.03 Å². The Morgan fingerprint density at radius 2 is 2.07 bits per heavy atom. The lowest BCUT2D eigenvalue weighted by molar-refractivity contribution is -0.525. The largest absolute Gasteiger partial charge is 0.321 e. The maximum absolute atomic E-state index is 10.1. The minimum absolute atomic E-state index is 0.0850. The summed E-state index contributed by atoms with van der Waals surface area (Å²) in [6.45, 7) is 0. The first-order valence-electron chi connectivity index (χ1n) is 3.64. The lowest BCUT2D eigenvalue weighted by Gasteiger charge is -2.04. The van der Waals surface area contributed by atoms with Crippen molar-refractivity contribution in [2.45, 2.75) is 0 Å². The molecule has 0 aliphatic rings. The molecule has 0 saturated heterocycles. The highest BCUT2D eigenvalue weighted by atomic mass is 127. The van der Waals surface area contributed by atoms with E-state index in [0.29, 0.717) is 0 Å². The SMILES string of the molecule is O=[N+]([O-])NC(=NI)Nc1ccccc1. The van der Waals surface area contributed by atoms with Gasteiger partial charge in [0.2, 0.25) is 0 Å². The minimum Gasteiger partial charge on any atom is -0.321 e. The number of hydrogen-bond donors (Lipinski definition) is 2. The molecule has 0 atom stereocenters. The van der Waals surface area contributed by atoms with Crippen LogP contribution in [0, 0.1) is 10.1 Å². The maximum Gasteiger partial charge on any atom is 0.268 e. The highest BCUT2D eigenvalue weighted by Gasteiger charge is 2.03. The summed E-state index contributed by atoms with van der Waals surface area (Å²) < 4.78 is 3.65. The molecule has 0 saturated carbocycles. The monoisotopic (exact) mass is 306 g/mol. The number of nitro groups is 1. The third-order valence-corrected chi connectivity index (χ3v) is 1.80. The molecule has 1 aromatic carbocycles. The number of guanidine groups is 1. The zero-order chi connectivity index (χ0) is 10.4. The first-order chi connectivity index (χ1) is 6.72. The van der Waals surface area contributed by atoms with Crippen LogP contribution >= 0.6 is 22.9 Å². The maximum atomic E-state index is 10.1. The number of benzene rings is 1. The van der Waals surface area contributed by atoms with Gasteiger partial charge in [-0.05, 0) is 12.1 Å². The number of hydrogen-bond acceptors (Lipinski definition) is 3. The zero-order valence-corrected chi connectivity index (χ0v) is 9.13. The van der Waals surface area contributed by atoms with Crippen LogP contribution in [0.3, 0.4) is 0 Å². The number of nitrogens with zero attached hydrogens (tertiary/aromatic N) is 2. The van der Waals surface area contributed by atoms with Crippen LogP contribution in [-0.2, 0) is 0 Å². The highest BCUT2D eigenvalue weighted by Crippen LogP contribution is 2.04. The summed E-state index contributed by atoms with van der Waals surface area (Å²) in [4.78, 5) is 10.1. The van der Waals surface area contributed by atoms with Crippen molar-refractivity contribution in [2.24, 2.45) is 3.21 Å². The van der Waals surface area contributed by atoms with E-state index in [2.05, 4.69) is 8.52 Å². The molecule has 2 N–H and O–H groups in total. The molecule has 7 heteroatoms. The predicted octanol–water partition coefficient (Wildman–Crippen LogP) is 1.59. The van der Waals surface area contributed by atoms with E-state index in [9.17, 15) is 10.1 Å². The number of anilines is 1. The van der Waals surface area contributed by atoms with Crippen LogP contribution in [0.15, 0.2) is 33.5 Å². The third kappa shape index (κ3) is 3.56. The van der Waals surface area contributed by atoms with Crippen LogP contribution in [0.1, 0.15) is 0 Å². The fourth-order valence-corrected chi connectivity index (χ4v) is 1.04. The van der Waals surface area contributed by atoms with Crippen LogP contribution in [-0.4, -0.2) is 11.0 Å². The van der Waals surface area contributed by atoms with Gasteiger partial charge in [-0.2, -0.15) is 3.21 Å². The molecule has 14 heavy (non-hydrogen) atoms. The Bertz CT molecular complexity index is 341. The van der Waals surface area contributed by atoms with Crippen molar-refractivity contribution in [3.63, 3.8) is 0 Å². The van der Waals surface area contributed by atoms with Crippen LogP contribution in [0.4, 0.5) is 5.69 Å². The fraction of sp³-hybridized carbons (Fsp3) is 0. The van der Waals surface area contributed by atoms with Gasteiger partial charge in [0.1, 0.15) is 0 Å². The van der Waals surface area contributed by atoms with Gasteiger partial charge in [0.05, 0.1) is 22.9 Å². The molecule has 0 amide bonds. The van der Waals surface area contributed by atoms with Gasteiger partial charge in [0.25, 0.3) is 5.96 Å². The first-order valence-corrected chi connectivity index (χ1v) is 4.61. The molecule has 74 valence electrons. The second kappa shape index (κ2) is 5.37. The molecular weight excluding hydrogens is 299 g/mol. The molecule has 0 unspecified atom stereocenters. The Morgan fingerprint density at radius 1 is 1.43 bits per heavy atom. The molecule has 1 rings (SSSR count). The summed E-state index contributed by atoms with van der Waals surface area (Å²) in [5.41, 5.74) is 2.67. The molecule has 1 aromatic rings. The van der Waals surface area contributed by atoms with Crippen LogP contribution < -0.4 is 10.7 Å². The third-order valence-electron chi connectivity index (χ3n) is 1.32. The molecule has 0 aliphatic heterocycles. The van der Waals surface area contributed by atoms with Gasteiger partial charge in [0, 0.05) is 5.69 Å². The first kappa shape index (κ1) is 10.7. The van der Waals surface area contributed by atoms with Crippen LogP contribution in [0.25, 0.3) is 0 Å². The van der Waals surface area contributed by atoms with Gasteiger partial charge in [-0.25, -0.2) is 10.1 Å². The summed E-state index contributed by atoms with van der Waals surface area (Å²) >= 11 is 1.67. The smallest absolute Gasteiger partial charge is 0.268 e. The average Bonchev–Trinajstić information content (AvgIpc) is 2.17. The standard InChI is InChI=1S/C7H7IN4O2/c8-10-7(11-12(13)14)9-6-4-2-1-3-5-6/h1-5H,(H2,9,10,11). The molecule has 0 spiro atoms. The lowest BCUT2D eigenvalue weighted by atomic mass is 10.3. The topological polar surface area (TPSA) is 79.6 Å². The Balaban J connectivity index is 2.63. The van der Waals surface area contributed by atoms with E-state index in [-0.39, 0.29) is 5.96 Å². The molecule has 0 aromatic heterocycles. The van der Waals surface area contributed by atoms with E-state index in [1.165, 1.54) is 0 Å². The summed E-state index contributed by atoms with van der Waals surface area (Å²) in [6, 6.07) is 9.05. The molecule has 0 aliphatic carbocycles. The fourth-order valence-electron chi connectivity index (χ4n) is 0.813. The quantitative estimate of drug-likeness (QED) is 0.286. The van der Waals surface area contributed by atoms with Crippen molar-refractivity contribution >= 4 is 34.5 Å². The van der Waals surface area contributed by atoms with Gasteiger partial charge < -0.3 is 5.32 Å². The Labute approximate surface area is 94.0 Å². The molecule has 0 radical (unpaired) electrons. The summed E-state index contributed by atoms with van der Waals surface area (Å²) in [7, 11) is 0. The Kier molecular flexibility index (Phi) is 4.11. The van der Waals surface area contributed by atoms with Crippen molar-refractivity contribution in [1.82, 2.24) is 5.43 Å². The van der Waals surface area contributed by atoms with Gasteiger partial charge >= 0.3 is 0 Å². The van der Waals surface area contributed by atoms with Crippen LogP contribution in [0.2, 0.25) is 0 Å². The van der Waals surface area contributed by atoms with Crippen molar-refractivity contribution in [3.05, 3.63) is 40.4 Å². The Morgan fingerprint density at radius 3 is 2.57 bits per heavy atom. The summed E-state index contributed by atoms with van der Waals surface area (Å²) in [6.07, 6.45) is 0. The molecule has 6 nitrogen and oxygen atoms in total.